The van der Waals surface area contributed by atoms with Gasteiger partial charge in [0.2, 0.25) is 6.20 Å². The molecule has 35 heavy (non-hydrogen) atoms. The van der Waals surface area contributed by atoms with E-state index in [0.717, 1.165) is 11.6 Å². The number of hydrogen-bond donors (Lipinski definition) is 0. The molecule has 6 rings (SSSR count). The lowest BCUT2D eigenvalue weighted by molar-refractivity contribution is -0.754. The van der Waals surface area contributed by atoms with Gasteiger partial charge in [0.25, 0.3) is 5.56 Å². The second-order valence-electron chi connectivity index (χ2n) is 9.41. The topological polar surface area (TPSA) is 78.7 Å². The van der Waals surface area contributed by atoms with Crippen molar-refractivity contribution in [2.24, 2.45) is 14.1 Å². The molecule has 8 nitrogen and oxygen atoms in total. The molecule has 3 aromatic heterocycles. The van der Waals surface area contributed by atoms with Gasteiger partial charge in [-0.15, -0.1) is 4.68 Å². The highest BCUT2D eigenvalue weighted by molar-refractivity contribution is 5.91. The summed E-state index contributed by atoms with van der Waals surface area (Å²) in [6.45, 7) is 0.518. The van der Waals surface area contributed by atoms with Crippen molar-refractivity contribution >= 4 is 10.9 Å². The number of hydrogen-bond acceptors (Lipinski definition) is 5. The Kier molecular flexibility index (Phi) is 5.21. The van der Waals surface area contributed by atoms with Crippen LogP contribution in [-0.2, 0) is 18.8 Å². The first-order valence-corrected chi connectivity index (χ1v) is 11.8. The third-order valence-electron chi connectivity index (χ3n) is 6.93. The van der Waals surface area contributed by atoms with Gasteiger partial charge in [-0.05, 0) is 37.8 Å². The van der Waals surface area contributed by atoms with Crippen LogP contribution in [0.4, 0.5) is 8.78 Å². The number of aryl methyl sites for hydroxylation is 2. The van der Waals surface area contributed by atoms with E-state index in [1.54, 1.807) is 0 Å². The predicted octanol–water partition coefficient (Wildman–Crippen LogP) is 3.26. The van der Waals surface area contributed by atoms with Gasteiger partial charge >= 0.3 is 0 Å². The van der Waals surface area contributed by atoms with Gasteiger partial charge in [-0.3, -0.25) is 4.79 Å². The minimum absolute atomic E-state index is 0.0899. The van der Waals surface area contributed by atoms with E-state index in [2.05, 4.69) is 31.8 Å². The van der Waals surface area contributed by atoms with Crippen LogP contribution in [-0.4, -0.2) is 31.0 Å². The monoisotopic (exact) mass is 479 g/mol. The zero-order chi connectivity index (χ0) is 24.3. The van der Waals surface area contributed by atoms with E-state index in [4.69, 9.17) is 9.72 Å². The summed E-state index contributed by atoms with van der Waals surface area (Å²) in [4.78, 5) is 22.3. The van der Waals surface area contributed by atoms with Crippen LogP contribution in [0.25, 0.3) is 22.2 Å². The number of ether oxygens (including phenoxy) is 1. The third-order valence-corrected chi connectivity index (χ3v) is 6.93. The molecule has 1 aromatic carbocycles. The molecule has 2 fully saturated rings. The Balaban J connectivity index is 1.43. The normalized spacial score (nSPS) is 20.5. The summed E-state index contributed by atoms with van der Waals surface area (Å²) in [6.07, 6.45) is 9.24. The number of benzene rings is 1. The van der Waals surface area contributed by atoms with E-state index in [1.807, 2.05) is 7.05 Å². The third kappa shape index (κ3) is 3.91. The summed E-state index contributed by atoms with van der Waals surface area (Å²) < 4.78 is 40.0. The Bertz CT molecular complexity index is 1510. The zero-order valence-electron chi connectivity index (χ0n) is 19.5. The molecule has 0 spiro atoms. The summed E-state index contributed by atoms with van der Waals surface area (Å²) in [7, 11) is 3.57. The molecule has 0 amide bonds. The average Bonchev–Trinajstić information content (AvgIpc) is 3.62. The van der Waals surface area contributed by atoms with E-state index in [-0.39, 0.29) is 28.8 Å². The number of halogens is 2. The van der Waals surface area contributed by atoms with Gasteiger partial charge in [-0.1, -0.05) is 0 Å². The van der Waals surface area contributed by atoms with Crippen molar-refractivity contribution in [3.63, 3.8) is 0 Å². The fourth-order valence-corrected chi connectivity index (χ4v) is 4.88. The second kappa shape index (κ2) is 8.30. The highest BCUT2D eigenvalue weighted by Gasteiger charge is 2.34. The van der Waals surface area contributed by atoms with Crippen LogP contribution in [0.3, 0.4) is 0 Å². The zero-order valence-corrected chi connectivity index (χ0v) is 19.5. The van der Waals surface area contributed by atoms with E-state index in [1.165, 1.54) is 42.9 Å². The summed E-state index contributed by atoms with van der Waals surface area (Å²) in [5.74, 6) is -1.07. The largest absolute Gasteiger partial charge is 0.373 e. The van der Waals surface area contributed by atoms with Crippen molar-refractivity contribution in [1.29, 1.82) is 0 Å². The summed E-state index contributed by atoms with van der Waals surface area (Å²) in [5, 5.41) is 4.40. The quantitative estimate of drug-likeness (QED) is 0.420. The van der Waals surface area contributed by atoms with Crippen LogP contribution < -0.4 is 10.2 Å². The van der Waals surface area contributed by atoms with Gasteiger partial charge in [0.1, 0.15) is 23.0 Å². The molecule has 0 unspecified atom stereocenters. The van der Waals surface area contributed by atoms with Crippen LogP contribution in [0.1, 0.15) is 55.1 Å². The second-order valence-corrected chi connectivity index (χ2v) is 9.41. The standard InChI is InChI=1S/C25H25F2N6O2/c1-31-12-15(13-33(31)17-4-5-17)21-9-14(7-8-35-21)24-29-22(18-6-3-16(26)10-20(18)27)19-11-28-32(2)25(34)23(19)30-24/h3,6,10-14,17,21H,4-5,7-9H2,1-2H3/q+1/t14-,21+/m0/s1. The molecule has 1 saturated heterocycles. The van der Waals surface area contributed by atoms with Crippen molar-refractivity contribution < 1.29 is 18.2 Å². The highest BCUT2D eigenvalue weighted by Crippen LogP contribution is 2.39. The van der Waals surface area contributed by atoms with Crippen LogP contribution >= 0.6 is 0 Å². The smallest absolute Gasteiger partial charge is 0.293 e. The SMILES string of the molecule is Cn1ncc2c(-c3ccc(F)cc3F)nc([C@H]3CCO[C@@H](c4cn(C5CC5)[n+](C)c4)C3)nc2c1=O. The van der Waals surface area contributed by atoms with Crippen molar-refractivity contribution in [3.05, 3.63) is 70.2 Å². The molecule has 2 aliphatic rings. The van der Waals surface area contributed by atoms with Gasteiger partial charge in [0, 0.05) is 31.2 Å². The minimum Gasteiger partial charge on any atom is -0.373 e. The van der Waals surface area contributed by atoms with Crippen LogP contribution in [0.5, 0.6) is 0 Å². The summed E-state index contributed by atoms with van der Waals surface area (Å²) in [6, 6.07) is 3.87. The Morgan fingerprint density at radius 3 is 2.77 bits per heavy atom. The van der Waals surface area contributed by atoms with Crippen LogP contribution in [0.15, 0.2) is 41.6 Å². The van der Waals surface area contributed by atoms with Crippen molar-refractivity contribution in [3.8, 4) is 11.3 Å². The molecular weight excluding hydrogens is 454 g/mol. The number of fused-ring (bicyclic) bond motifs is 1. The first-order valence-electron chi connectivity index (χ1n) is 11.8. The van der Waals surface area contributed by atoms with Crippen molar-refractivity contribution in [2.75, 3.05) is 6.61 Å². The lowest BCUT2D eigenvalue weighted by Gasteiger charge is -2.28. The van der Waals surface area contributed by atoms with Gasteiger partial charge < -0.3 is 4.74 Å². The molecular formula is C25H25F2N6O2+. The number of rotatable bonds is 4. The lowest BCUT2D eigenvalue weighted by atomic mass is 9.92. The number of aromatic nitrogens is 6. The van der Waals surface area contributed by atoms with Gasteiger partial charge in [-0.2, -0.15) is 9.78 Å². The molecule has 0 bridgehead atoms. The predicted molar refractivity (Wildman–Crippen MR) is 122 cm³/mol. The van der Waals surface area contributed by atoms with Crippen LogP contribution in [0, 0.1) is 11.6 Å². The maximum Gasteiger partial charge on any atom is 0.293 e. The average molecular weight is 480 g/mol. The molecule has 0 N–H and O–H groups in total. The lowest BCUT2D eigenvalue weighted by Crippen LogP contribution is -2.37. The first kappa shape index (κ1) is 22.0. The first-order chi connectivity index (χ1) is 16.9. The molecule has 1 aliphatic carbocycles. The molecule has 1 aliphatic heterocycles. The van der Waals surface area contributed by atoms with Gasteiger partial charge in [-0.25, -0.2) is 23.4 Å². The maximum atomic E-state index is 14.8. The summed E-state index contributed by atoms with van der Waals surface area (Å²) in [5.41, 5.74) is 1.21. The van der Waals surface area contributed by atoms with Crippen molar-refractivity contribution in [1.82, 2.24) is 24.4 Å². The van der Waals surface area contributed by atoms with E-state index in [9.17, 15) is 13.6 Å². The number of nitrogens with zero attached hydrogens (tertiary/aromatic N) is 6. The Hall–Kier alpha value is -3.53. The Labute approximate surface area is 199 Å². The van der Waals surface area contributed by atoms with Gasteiger partial charge in [0.15, 0.2) is 7.05 Å². The highest BCUT2D eigenvalue weighted by atomic mass is 19.1. The molecule has 4 heterocycles. The van der Waals surface area contributed by atoms with E-state index < -0.39 is 17.2 Å². The molecule has 2 atom stereocenters. The molecule has 180 valence electrons. The molecule has 1 saturated carbocycles. The van der Waals surface area contributed by atoms with E-state index >= 15 is 0 Å². The van der Waals surface area contributed by atoms with Crippen molar-refractivity contribution in [2.45, 2.75) is 43.7 Å². The summed E-state index contributed by atoms with van der Waals surface area (Å²) >= 11 is 0. The minimum atomic E-state index is -0.754. The molecule has 0 radical (unpaired) electrons. The fourth-order valence-electron chi connectivity index (χ4n) is 4.88. The Morgan fingerprint density at radius 2 is 2.00 bits per heavy atom. The maximum absolute atomic E-state index is 14.8. The van der Waals surface area contributed by atoms with E-state index in [0.29, 0.717) is 36.7 Å². The van der Waals surface area contributed by atoms with Gasteiger partial charge in [0.05, 0.1) is 41.2 Å². The van der Waals surface area contributed by atoms with Crippen LogP contribution in [0.2, 0.25) is 0 Å². The fraction of sp³-hybridized carbons (Fsp3) is 0.400. The molecule has 10 heteroatoms. The molecule has 4 aromatic rings. The Morgan fingerprint density at radius 1 is 1.17 bits per heavy atom.